The summed E-state index contributed by atoms with van der Waals surface area (Å²) >= 11 is 8.94. The third-order valence-corrected chi connectivity index (χ3v) is 2.91. The Bertz CT molecular complexity index is 338. The van der Waals surface area contributed by atoms with E-state index in [9.17, 15) is 4.79 Å². The summed E-state index contributed by atoms with van der Waals surface area (Å²) in [7, 11) is 0. The van der Waals surface area contributed by atoms with Gasteiger partial charge in [0, 0.05) is 5.56 Å². The molecule has 4 heteroatoms. The lowest BCUT2D eigenvalue weighted by Gasteiger charge is -2.04. The number of anilines is 1. The standard InChI is InChI=1S/C8H7BrClNO/c1-4(12)5-2-3-6(10)7(9)8(5)11/h2-3H,11H2,1H3. The Morgan fingerprint density at radius 3 is 2.67 bits per heavy atom. The predicted octanol–water partition coefficient (Wildman–Crippen LogP) is 2.89. The zero-order valence-electron chi connectivity index (χ0n) is 6.40. The van der Waals surface area contributed by atoms with Crippen LogP contribution in [0.2, 0.25) is 5.02 Å². The lowest BCUT2D eigenvalue weighted by Crippen LogP contribution is -2.00. The number of nitrogens with two attached hydrogens (primary N) is 1. The van der Waals surface area contributed by atoms with Gasteiger partial charge in [0.05, 0.1) is 15.2 Å². The van der Waals surface area contributed by atoms with E-state index in [0.29, 0.717) is 20.7 Å². The Morgan fingerprint density at radius 2 is 2.17 bits per heavy atom. The largest absolute Gasteiger partial charge is 0.397 e. The topological polar surface area (TPSA) is 43.1 Å². The van der Waals surface area contributed by atoms with Crippen LogP contribution in [0, 0.1) is 0 Å². The molecule has 0 unspecified atom stereocenters. The molecule has 1 aromatic carbocycles. The summed E-state index contributed by atoms with van der Waals surface area (Å²) in [5.41, 5.74) is 6.52. The molecule has 1 aromatic rings. The van der Waals surface area contributed by atoms with Crippen molar-refractivity contribution in [2.24, 2.45) is 0 Å². The minimum absolute atomic E-state index is 0.0649. The highest BCUT2D eigenvalue weighted by Gasteiger charge is 2.09. The SMILES string of the molecule is CC(=O)c1ccc(Cl)c(Br)c1N. The van der Waals surface area contributed by atoms with E-state index >= 15 is 0 Å². The van der Waals surface area contributed by atoms with E-state index in [4.69, 9.17) is 17.3 Å². The fraction of sp³-hybridized carbons (Fsp3) is 0.125. The fourth-order valence-corrected chi connectivity index (χ4v) is 1.38. The van der Waals surface area contributed by atoms with Crippen molar-refractivity contribution in [3.05, 3.63) is 27.2 Å². The van der Waals surface area contributed by atoms with Gasteiger partial charge < -0.3 is 5.73 Å². The molecule has 2 N–H and O–H groups in total. The number of carbonyl (C=O) groups excluding carboxylic acids is 1. The van der Waals surface area contributed by atoms with Crippen LogP contribution >= 0.6 is 27.5 Å². The summed E-state index contributed by atoms with van der Waals surface area (Å²) < 4.78 is 0.580. The first-order valence-corrected chi connectivity index (χ1v) is 4.45. The summed E-state index contributed by atoms with van der Waals surface area (Å²) in [6.45, 7) is 1.46. The van der Waals surface area contributed by atoms with Gasteiger partial charge in [-0.15, -0.1) is 0 Å². The van der Waals surface area contributed by atoms with E-state index in [2.05, 4.69) is 15.9 Å². The number of benzene rings is 1. The molecule has 0 aromatic heterocycles. The van der Waals surface area contributed by atoms with Gasteiger partial charge in [-0.1, -0.05) is 11.6 Å². The molecule has 2 nitrogen and oxygen atoms in total. The molecule has 0 aliphatic rings. The van der Waals surface area contributed by atoms with Crippen molar-refractivity contribution in [3.8, 4) is 0 Å². The Balaban J connectivity index is 3.36. The molecule has 0 bridgehead atoms. The number of hydrogen-bond acceptors (Lipinski definition) is 2. The fourth-order valence-electron chi connectivity index (χ4n) is 0.873. The smallest absolute Gasteiger partial charge is 0.161 e. The predicted molar refractivity (Wildman–Crippen MR) is 53.6 cm³/mol. The zero-order valence-corrected chi connectivity index (χ0v) is 8.74. The van der Waals surface area contributed by atoms with Gasteiger partial charge in [-0.25, -0.2) is 0 Å². The van der Waals surface area contributed by atoms with Gasteiger partial charge in [-0.2, -0.15) is 0 Å². The Morgan fingerprint density at radius 1 is 1.58 bits per heavy atom. The molecule has 64 valence electrons. The van der Waals surface area contributed by atoms with E-state index in [1.54, 1.807) is 12.1 Å². The number of ketones is 1. The number of rotatable bonds is 1. The second-order valence-electron chi connectivity index (χ2n) is 2.38. The zero-order chi connectivity index (χ0) is 9.30. The van der Waals surface area contributed by atoms with Crippen LogP contribution in [0.15, 0.2) is 16.6 Å². The Kier molecular flexibility index (Phi) is 2.75. The van der Waals surface area contributed by atoms with Gasteiger partial charge in [0.15, 0.2) is 5.78 Å². The second-order valence-corrected chi connectivity index (χ2v) is 3.58. The van der Waals surface area contributed by atoms with Crippen molar-refractivity contribution in [2.45, 2.75) is 6.92 Å². The van der Waals surface area contributed by atoms with Crippen molar-refractivity contribution >= 4 is 39.0 Å². The van der Waals surface area contributed by atoms with E-state index < -0.39 is 0 Å². The highest BCUT2D eigenvalue weighted by atomic mass is 79.9. The average Bonchev–Trinajstić information content (AvgIpc) is 2.00. The quantitative estimate of drug-likeness (QED) is 0.613. The van der Waals surface area contributed by atoms with Crippen LogP contribution in [0.5, 0.6) is 0 Å². The highest BCUT2D eigenvalue weighted by Crippen LogP contribution is 2.31. The summed E-state index contributed by atoms with van der Waals surface area (Å²) in [6.07, 6.45) is 0. The first kappa shape index (κ1) is 9.55. The second kappa shape index (κ2) is 3.46. The first-order chi connectivity index (χ1) is 5.54. The van der Waals surface area contributed by atoms with E-state index in [1.807, 2.05) is 0 Å². The van der Waals surface area contributed by atoms with E-state index in [1.165, 1.54) is 6.92 Å². The van der Waals surface area contributed by atoms with Gasteiger partial charge in [0.1, 0.15) is 0 Å². The summed E-state index contributed by atoms with van der Waals surface area (Å²) in [6, 6.07) is 3.25. The molecular formula is C8H7BrClNO. The van der Waals surface area contributed by atoms with E-state index in [0.717, 1.165) is 0 Å². The van der Waals surface area contributed by atoms with Crippen molar-refractivity contribution in [2.75, 3.05) is 5.73 Å². The molecule has 12 heavy (non-hydrogen) atoms. The molecule has 0 fully saturated rings. The van der Waals surface area contributed by atoms with Gasteiger partial charge in [0.2, 0.25) is 0 Å². The maximum absolute atomic E-state index is 11.0. The molecule has 0 aliphatic heterocycles. The van der Waals surface area contributed by atoms with E-state index in [-0.39, 0.29) is 5.78 Å². The van der Waals surface area contributed by atoms with Crippen LogP contribution in [0.3, 0.4) is 0 Å². The minimum Gasteiger partial charge on any atom is -0.397 e. The third-order valence-electron chi connectivity index (χ3n) is 1.51. The summed E-state index contributed by atoms with van der Waals surface area (Å²) in [5.74, 6) is -0.0649. The molecule has 1 rings (SSSR count). The average molecular weight is 249 g/mol. The van der Waals surface area contributed by atoms with Crippen LogP contribution in [-0.4, -0.2) is 5.78 Å². The number of Topliss-reactive ketones (excluding diaryl/α,β-unsaturated/α-hetero) is 1. The summed E-state index contributed by atoms with van der Waals surface area (Å²) in [5, 5.41) is 0.512. The molecule has 0 atom stereocenters. The Hall–Kier alpha value is -0.540. The Labute approximate surface area is 83.8 Å². The normalized spacial score (nSPS) is 9.92. The van der Waals surface area contributed by atoms with Crippen molar-refractivity contribution in [1.29, 1.82) is 0 Å². The lowest BCUT2D eigenvalue weighted by molar-refractivity contribution is 0.101. The maximum atomic E-state index is 11.0. The highest BCUT2D eigenvalue weighted by molar-refractivity contribution is 9.10. The number of hydrogen-bond donors (Lipinski definition) is 1. The van der Waals surface area contributed by atoms with Gasteiger partial charge in [-0.3, -0.25) is 4.79 Å². The summed E-state index contributed by atoms with van der Waals surface area (Å²) in [4.78, 5) is 11.0. The molecule has 0 saturated carbocycles. The molecular weight excluding hydrogens is 241 g/mol. The monoisotopic (exact) mass is 247 g/mol. The molecule has 0 radical (unpaired) electrons. The van der Waals surface area contributed by atoms with Gasteiger partial charge in [-0.05, 0) is 35.0 Å². The third kappa shape index (κ3) is 1.62. The minimum atomic E-state index is -0.0649. The molecule has 0 heterocycles. The maximum Gasteiger partial charge on any atom is 0.161 e. The van der Waals surface area contributed by atoms with Crippen molar-refractivity contribution in [3.63, 3.8) is 0 Å². The first-order valence-electron chi connectivity index (χ1n) is 3.28. The van der Waals surface area contributed by atoms with Crippen molar-refractivity contribution < 1.29 is 4.79 Å². The number of halogens is 2. The van der Waals surface area contributed by atoms with Gasteiger partial charge >= 0.3 is 0 Å². The van der Waals surface area contributed by atoms with Crippen LogP contribution < -0.4 is 5.73 Å². The molecule has 0 aliphatic carbocycles. The lowest BCUT2D eigenvalue weighted by atomic mass is 10.1. The molecule has 0 amide bonds. The van der Waals surface area contributed by atoms with Crippen molar-refractivity contribution in [1.82, 2.24) is 0 Å². The molecule has 0 saturated heterocycles. The van der Waals surface area contributed by atoms with Crippen LogP contribution in [-0.2, 0) is 0 Å². The van der Waals surface area contributed by atoms with Crippen LogP contribution in [0.25, 0.3) is 0 Å². The molecule has 0 spiro atoms. The van der Waals surface area contributed by atoms with Gasteiger partial charge in [0.25, 0.3) is 0 Å². The van der Waals surface area contributed by atoms with Crippen LogP contribution in [0.4, 0.5) is 5.69 Å². The number of carbonyl (C=O) groups is 1. The van der Waals surface area contributed by atoms with Crippen LogP contribution in [0.1, 0.15) is 17.3 Å². The number of nitrogen functional groups attached to an aromatic ring is 1.